The maximum atomic E-state index is 13.2. The van der Waals surface area contributed by atoms with E-state index in [9.17, 15) is 9.18 Å². The third-order valence-corrected chi connectivity index (χ3v) is 4.35. The Balaban J connectivity index is 2.10. The van der Waals surface area contributed by atoms with Crippen LogP contribution in [0.1, 0.15) is 42.5 Å². The Hall–Kier alpha value is -1.03. The summed E-state index contributed by atoms with van der Waals surface area (Å²) >= 11 is 1.67. The second-order valence-corrected chi connectivity index (χ2v) is 5.70. The molecule has 17 heavy (non-hydrogen) atoms. The molecule has 0 heterocycles. The van der Waals surface area contributed by atoms with E-state index >= 15 is 0 Å². The van der Waals surface area contributed by atoms with Gasteiger partial charge in [-0.3, -0.25) is 0 Å². The van der Waals surface area contributed by atoms with Gasteiger partial charge in [0.1, 0.15) is 5.82 Å². The van der Waals surface area contributed by atoms with Crippen LogP contribution in [0.4, 0.5) is 4.39 Å². The molecule has 1 saturated carbocycles. The van der Waals surface area contributed by atoms with Crippen LogP contribution in [0.15, 0.2) is 23.1 Å². The van der Waals surface area contributed by atoms with Crippen molar-refractivity contribution < 1.29 is 14.3 Å². The molecular formula is C13H15FO2S. The van der Waals surface area contributed by atoms with Gasteiger partial charge in [0.25, 0.3) is 0 Å². The van der Waals surface area contributed by atoms with Gasteiger partial charge in [0.15, 0.2) is 0 Å². The van der Waals surface area contributed by atoms with Gasteiger partial charge >= 0.3 is 5.97 Å². The molecule has 0 aliphatic heterocycles. The zero-order chi connectivity index (χ0) is 12.3. The highest BCUT2D eigenvalue weighted by Crippen LogP contribution is 2.34. The monoisotopic (exact) mass is 254 g/mol. The highest BCUT2D eigenvalue weighted by Gasteiger charge is 2.16. The molecule has 0 bridgehead atoms. The van der Waals surface area contributed by atoms with E-state index in [1.807, 2.05) is 0 Å². The Kier molecular flexibility index (Phi) is 4.05. The van der Waals surface area contributed by atoms with Crippen molar-refractivity contribution in [2.75, 3.05) is 0 Å². The van der Waals surface area contributed by atoms with Crippen LogP contribution >= 0.6 is 11.8 Å². The summed E-state index contributed by atoms with van der Waals surface area (Å²) in [7, 11) is 0. The molecule has 1 fully saturated rings. The molecule has 92 valence electrons. The van der Waals surface area contributed by atoms with E-state index in [0.717, 1.165) is 4.90 Å². The van der Waals surface area contributed by atoms with Crippen LogP contribution in [-0.4, -0.2) is 16.3 Å². The molecule has 0 atom stereocenters. The van der Waals surface area contributed by atoms with Crippen LogP contribution in [0.25, 0.3) is 0 Å². The maximum Gasteiger partial charge on any atom is 0.338 e. The number of thioether (sulfide) groups is 1. The minimum Gasteiger partial charge on any atom is -0.478 e. The Morgan fingerprint density at radius 1 is 1.29 bits per heavy atom. The average molecular weight is 254 g/mol. The number of hydrogen-bond acceptors (Lipinski definition) is 2. The van der Waals surface area contributed by atoms with Crippen LogP contribution in [0.2, 0.25) is 0 Å². The number of rotatable bonds is 3. The summed E-state index contributed by atoms with van der Waals surface area (Å²) in [5, 5.41) is 9.40. The summed E-state index contributed by atoms with van der Waals surface area (Å²) in [6.07, 6.45) is 6.12. The Bertz CT molecular complexity index is 414. The fourth-order valence-corrected chi connectivity index (χ4v) is 3.40. The molecule has 0 spiro atoms. The van der Waals surface area contributed by atoms with Gasteiger partial charge in [-0.05, 0) is 31.0 Å². The smallest absolute Gasteiger partial charge is 0.338 e. The van der Waals surface area contributed by atoms with Crippen molar-refractivity contribution in [3.8, 4) is 0 Å². The first kappa shape index (κ1) is 12.4. The van der Waals surface area contributed by atoms with E-state index in [1.54, 1.807) is 17.8 Å². The van der Waals surface area contributed by atoms with Gasteiger partial charge in [0.05, 0.1) is 5.56 Å². The molecule has 0 aromatic heterocycles. The molecule has 0 amide bonds. The molecule has 0 saturated heterocycles. The Labute approximate surface area is 104 Å². The number of carboxylic acid groups (broad SMARTS) is 1. The number of benzene rings is 1. The second kappa shape index (κ2) is 5.54. The summed E-state index contributed by atoms with van der Waals surface area (Å²) in [6.45, 7) is 0. The van der Waals surface area contributed by atoms with Gasteiger partial charge in [-0.25, -0.2) is 9.18 Å². The van der Waals surface area contributed by atoms with Crippen LogP contribution in [0, 0.1) is 5.82 Å². The minimum atomic E-state index is -1.20. The fourth-order valence-electron chi connectivity index (χ4n) is 2.12. The lowest BCUT2D eigenvalue weighted by molar-refractivity contribution is 0.0691. The third kappa shape index (κ3) is 3.22. The molecular weight excluding hydrogens is 239 g/mol. The molecule has 4 heteroatoms. The first-order chi connectivity index (χ1) is 8.16. The van der Waals surface area contributed by atoms with E-state index in [4.69, 9.17) is 5.11 Å². The van der Waals surface area contributed by atoms with Gasteiger partial charge in [-0.2, -0.15) is 0 Å². The van der Waals surface area contributed by atoms with Crippen molar-refractivity contribution >= 4 is 17.7 Å². The summed E-state index contributed by atoms with van der Waals surface area (Å²) in [5.41, 5.74) is -0.231. The van der Waals surface area contributed by atoms with E-state index in [2.05, 4.69) is 0 Å². The van der Waals surface area contributed by atoms with E-state index in [0.29, 0.717) is 5.25 Å². The Morgan fingerprint density at radius 2 is 2.00 bits per heavy atom. The van der Waals surface area contributed by atoms with Crippen molar-refractivity contribution in [2.24, 2.45) is 0 Å². The normalized spacial score (nSPS) is 17.0. The minimum absolute atomic E-state index is 0.231. The molecule has 0 unspecified atom stereocenters. The molecule has 1 N–H and O–H groups in total. The van der Waals surface area contributed by atoms with Gasteiger partial charge < -0.3 is 5.11 Å². The van der Waals surface area contributed by atoms with Crippen LogP contribution in [0.3, 0.4) is 0 Å². The van der Waals surface area contributed by atoms with Gasteiger partial charge in [-0.15, -0.1) is 11.8 Å². The topological polar surface area (TPSA) is 37.3 Å². The highest BCUT2D eigenvalue weighted by atomic mass is 32.2. The van der Waals surface area contributed by atoms with Gasteiger partial charge in [-0.1, -0.05) is 19.3 Å². The average Bonchev–Trinajstić information content (AvgIpc) is 2.32. The zero-order valence-corrected chi connectivity index (χ0v) is 10.3. The van der Waals surface area contributed by atoms with Crippen molar-refractivity contribution in [1.29, 1.82) is 0 Å². The SMILES string of the molecule is O=C(O)c1cc(SC2CCCCC2)ccc1F. The Morgan fingerprint density at radius 3 is 2.65 bits per heavy atom. The molecule has 2 nitrogen and oxygen atoms in total. The molecule has 1 aromatic carbocycles. The van der Waals surface area contributed by atoms with Crippen LogP contribution in [0.5, 0.6) is 0 Å². The number of halogens is 1. The van der Waals surface area contributed by atoms with Gasteiger partial charge in [0.2, 0.25) is 0 Å². The lowest BCUT2D eigenvalue weighted by atomic mass is 10.0. The molecule has 2 rings (SSSR count). The van der Waals surface area contributed by atoms with Crippen molar-refractivity contribution in [1.82, 2.24) is 0 Å². The van der Waals surface area contributed by atoms with Crippen molar-refractivity contribution in [3.05, 3.63) is 29.6 Å². The molecule has 0 radical (unpaired) electrons. The molecule has 1 aliphatic carbocycles. The summed E-state index contributed by atoms with van der Waals surface area (Å²) < 4.78 is 13.2. The predicted octanol–water partition coefficient (Wildman–Crippen LogP) is 3.95. The number of aromatic carboxylic acids is 1. The molecule has 1 aromatic rings. The number of carboxylic acids is 1. The first-order valence-corrected chi connectivity index (χ1v) is 6.74. The predicted molar refractivity (Wildman–Crippen MR) is 66.1 cm³/mol. The fraction of sp³-hybridized carbons (Fsp3) is 0.462. The maximum absolute atomic E-state index is 13.2. The third-order valence-electron chi connectivity index (χ3n) is 3.02. The van der Waals surface area contributed by atoms with Crippen LogP contribution < -0.4 is 0 Å². The van der Waals surface area contributed by atoms with Crippen LogP contribution in [-0.2, 0) is 0 Å². The first-order valence-electron chi connectivity index (χ1n) is 5.86. The number of carbonyl (C=O) groups is 1. The summed E-state index contributed by atoms with van der Waals surface area (Å²) in [6, 6.07) is 4.35. The summed E-state index contributed by atoms with van der Waals surface area (Å²) in [4.78, 5) is 11.7. The van der Waals surface area contributed by atoms with E-state index < -0.39 is 11.8 Å². The highest BCUT2D eigenvalue weighted by molar-refractivity contribution is 8.00. The molecule has 1 aliphatic rings. The van der Waals surface area contributed by atoms with Gasteiger partial charge in [0, 0.05) is 10.1 Å². The standard InChI is InChI=1S/C13H15FO2S/c14-12-7-6-10(8-11(12)13(15)16)17-9-4-2-1-3-5-9/h6-9H,1-5H2,(H,15,16). The quantitative estimate of drug-likeness (QED) is 0.887. The van der Waals surface area contributed by atoms with E-state index in [1.165, 1.54) is 44.2 Å². The number of hydrogen-bond donors (Lipinski definition) is 1. The largest absolute Gasteiger partial charge is 0.478 e. The van der Waals surface area contributed by atoms with Crippen molar-refractivity contribution in [2.45, 2.75) is 42.2 Å². The lowest BCUT2D eigenvalue weighted by Gasteiger charge is -2.21. The lowest BCUT2D eigenvalue weighted by Crippen LogP contribution is -2.08. The summed E-state index contributed by atoms with van der Waals surface area (Å²) in [5.74, 6) is -1.86. The van der Waals surface area contributed by atoms with Crippen molar-refractivity contribution in [3.63, 3.8) is 0 Å². The van der Waals surface area contributed by atoms with E-state index in [-0.39, 0.29) is 5.56 Å². The second-order valence-electron chi connectivity index (χ2n) is 4.32. The zero-order valence-electron chi connectivity index (χ0n) is 9.49.